The van der Waals surface area contributed by atoms with Crippen LogP contribution in [0.5, 0.6) is 11.8 Å². The molecular formula is C30H31FN4O4. The third kappa shape index (κ3) is 4.61. The van der Waals surface area contributed by atoms with Gasteiger partial charge in [0.05, 0.1) is 12.5 Å². The number of halogens is 1. The highest BCUT2D eigenvalue weighted by Gasteiger charge is 2.35. The minimum absolute atomic E-state index is 0.00262. The van der Waals surface area contributed by atoms with Crippen LogP contribution in [-0.2, 0) is 9.53 Å². The second-order valence-corrected chi connectivity index (χ2v) is 11.1. The zero-order valence-corrected chi connectivity index (χ0v) is 22.2. The quantitative estimate of drug-likeness (QED) is 0.343. The molecule has 9 heteroatoms. The van der Waals surface area contributed by atoms with E-state index in [4.69, 9.17) is 14.5 Å². The fraction of sp³-hybridized carbons (Fsp3) is 0.367. The molecule has 2 fully saturated rings. The third-order valence-corrected chi connectivity index (χ3v) is 7.72. The number of aromatic hydroxyl groups is 1. The number of rotatable bonds is 6. The van der Waals surface area contributed by atoms with Crippen LogP contribution in [-0.4, -0.2) is 59.9 Å². The lowest BCUT2D eigenvalue weighted by Crippen LogP contribution is -2.51. The molecule has 2 aliphatic heterocycles. The van der Waals surface area contributed by atoms with Crippen LogP contribution in [0.25, 0.3) is 32.8 Å². The molecule has 8 nitrogen and oxygen atoms in total. The molecule has 6 rings (SSSR count). The predicted molar refractivity (Wildman–Crippen MR) is 148 cm³/mol. The number of hydrogen-bond donors (Lipinski definition) is 2. The van der Waals surface area contributed by atoms with Gasteiger partial charge in [-0.05, 0) is 61.2 Å². The molecule has 0 unspecified atom stereocenters. The standard InChI is InChI=1S/C30H31FN4O4/c1-30(2,28(37)38-3)16-39-29-33-26-23(27(34-29)35-14-18-8-9-19(15-35)32-18)11-10-22(25(26)31)24-13-20(36)12-17-6-4-5-7-21(17)24/h4-7,10-13,18-19,32,36H,8-9,14-16H2,1-3H3/t18-,19+. The van der Waals surface area contributed by atoms with Crippen LogP contribution in [0.4, 0.5) is 10.2 Å². The van der Waals surface area contributed by atoms with Crippen molar-refractivity contribution in [3.63, 3.8) is 0 Å². The summed E-state index contributed by atoms with van der Waals surface area (Å²) in [7, 11) is 1.33. The van der Waals surface area contributed by atoms with Gasteiger partial charge in [0.1, 0.15) is 23.7 Å². The Balaban J connectivity index is 1.49. The molecule has 202 valence electrons. The van der Waals surface area contributed by atoms with E-state index >= 15 is 4.39 Å². The first-order valence-electron chi connectivity index (χ1n) is 13.2. The van der Waals surface area contributed by atoms with E-state index in [1.54, 1.807) is 32.0 Å². The van der Waals surface area contributed by atoms with Gasteiger partial charge in [0.25, 0.3) is 0 Å². The fourth-order valence-corrected chi connectivity index (χ4v) is 5.71. The number of hydrogen-bond acceptors (Lipinski definition) is 8. The molecule has 3 heterocycles. The van der Waals surface area contributed by atoms with E-state index < -0.39 is 17.2 Å². The van der Waals surface area contributed by atoms with Crippen LogP contribution in [0.3, 0.4) is 0 Å². The number of piperazine rings is 1. The van der Waals surface area contributed by atoms with E-state index in [1.807, 2.05) is 30.3 Å². The highest BCUT2D eigenvalue weighted by Crippen LogP contribution is 2.39. The van der Waals surface area contributed by atoms with Gasteiger partial charge < -0.3 is 24.8 Å². The summed E-state index contributed by atoms with van der Waals surface area (Å²) in [5.74, 6) is -0.291. The van der Waals surface area contributed by atoms with Crippen molar-refractivity contribution in [1.29, 1.82) is 0 Å². The van der Waals surface area contributed by atoms with Gasteiger partial charge in [-0.1, -0.05) is 30.3 Å². The number of nitrogens with zero attached hydrogens (tertiary/aromatic N) is 3. The Bertz CT molecular complexity index is 1580. The number of methoxy groups -OCH3 is 1. The van der Waals surface area contributed by atoms with Gasteiger partial charge in [-0.3, -0.25) is 4.79 Å². The summed E-state index contributed by atoms with van der Waals surface area (Å²) in [5, 5.41) is 16.2. The van der Waals surface area contributed by atoms with Crippen LogP contribution < -0.4 is 15.0 Å². The monoisotopic (exact) mass is 530 g/mol. The molecular weight excluding hydrogens is 499 g/mol. The zero-order chi connectivity index (χ0) is 27.3. The Morgan fingerprint density at radius 3 is 2.56 bits per heavy atom. The molecule has 3 aromatic carbocycles. The maximum atomic E-state index is 16.4. The van der Waals surface area contributed by atoms with E-state index in [0.29, 0.717) is 34.4 Å². The van der Waals surface area contributed by atoms with Gasteiger partial charge in [0.15, 0.2) is 5.82 Å². The Hall–Kier alpha value is -3.98. The molecule has 4 aromatic rings. The lowest BCUT2D eigenvalue weighted by molar-refractivity contribution is -0.152. The van der Waals surface area contributed by atoms with Crippen LogP contribution in [0.1, 0.15) is 26.7 Å². The minimum Gasteiger partial charge on any atom is -0.508 e. The van der Waals surface area contributed by atoms with Crippen molar-refractivity contribution in [3.8, 4) is 22.9 Å². The number of nitrogens with one attached hydrogen (secondary N) is 1. The Labute approximate surface area is 225 Å². The molecule has 2 atom stereocenters. The highest BCUT2D eigenvalue weighted by molar-refractivity contribution is 6.01. The molecule has 1 aromatic heterocycles. The summed E-state index contributed by atoms with van der Waals surface area (Å²) in [5.41, 5.74) is 0.0734. The number of esters is 1. The largest absolute Gasteiger partial charge is 0.508 e. The molecule has 2 N–H and O–H groups in total. The summed E-state index contributed by atoms with van der Waals surface area (Å²) in [6.07, 6.45) is 2.17. The minimum atomic E-state index is -0.942. The predicted octanol–water partition coefficient (Wildman–Crippen LogP) is 4.81. The lowest BCUT2D eigenvalue weighted by Gasteiger charge is -2.34. The first-order chi connectivity index (χ1) is 18.7. The smallest absolute Gasteiger partial charge is 0.319 e. The van der Waals surface area contributed by atoms with Crippen molar-refractivity contribution in [2.45, 2.75) is 38.8 Å². The molecule has 0 aliphatic carbocycles. The van der Waals surface area contributed by atoms with Crippen molar-refractivity contribution in [2.75, 3.05) is 31.7 Å². The number of fused-ring (bicyclic) bond motifs is 4. The summed E-state index contributed by atoms with van der Waals surface area (Å²) in [4.78, 5) is 23.6. The topological polar surface area (TPSA) is 96.8 Å². The number of phenolic OH excluding ortho intramolecular Hbond substituents is 1. The van der Waals surface area contributed by atoms with Crippen molar-refractivity contribution in [1.82, 2.24) is 15.3 Å². The molecule has 0 saturated carbocycles. The lowest BCUT2D eigenvalue weighted by atomic mass is 9.95. The number of ether oxygens (including phenoxy) is 2. The summed E-state index contributed by atoms with van der Waals surface area (Å²) < 4.78 is 27.2. The van der Waals surface area contributed by atoms with Crippen molar-refractivity contribution in [2.24, 2.45) is 5.41 Å². The fourth-order valence-electron chi connectivity index (χ4n) is 5.71. The van der Waals surface area contributed by atoms with Gasteiger partial charge >= 0.3 is 12.0 Å². The summed E-state index contributed by atoms with van der Waals surface area (Å²) in [6.45, 7) is 4.88. The third-order valence-electron chi connectivity index (χ3n) is 7.72. The van der Waals surface area contributed by atoms with E-state index in [0.717, 1.165) is 36.7 Å². The van der Waals surface area contributed by atoms with Gasteiger partial charge in [0.2, 0.25) is 0 Å². The number of phenols is 1. The van der Waals surface area contributed by atoms with E-state index in [-0.39, 0.29) is 23.9 Å². The summed E-state index contributed by atoms with van der Waals surface area (Å²) >= 11 is 0. The SMILES string of the molecule is COC(=O)C(C)(C)COc1nc(N2C[C@H]3CC[C@@H](C2)N3)c2ccc(-c3cc(O)cc4ccccc34)c(F)c2n1. The molecule has 2 saturated heterocycles. The number of benzene rings is 3. The van der Waals surface area contributed by atoms with Gasteiger partial charge in [-0.2, -0.15) is 9.97 Å². The first-order valence-corrected chi connectivity index (χ1v) is 13.2. The number of anilines is 1. The Morgan fingerprint density at radius 2 is 1.82 bits per heavy atom. The van der Waals surface area contributed by atoms with Crippen LogP contribution in [0.15, 0.2) is 48.5 Å². The molecule has 0 radical (unpaired) electrons. The van der Waals surface area contributed by atoms with Crippen molar-refractivity contribution in [3.05, 3.63) is 54.3 Å². The molecule has 39 heavy (non-hydrogen) atoms. The Kier molecular flexibility index (Phi) is 6.26. The zero-order valence-electron chi connectivity index (χ0n) is 22.2. The van der Waals surface area contributed by atoms with Crippen LogP contribution in [0, 0.1) is 11.2 Å². The number of aromatic nitrogens is 2. The van der Waals surface area contributed by atoms with E-state index in [2.05, 4.69) is 15.2 Å². The second-order valence-electron chi connectivity index (χ2n) is 11.1. The molecule has 0 amide bonds. The van der Waals surface area contributed by atoms with Crippen LogP contribution in [0.2, 0.25) is 0 Å². The van der Waals surface area contributed by atoms with Gasteiger partial charge in [0, 0.05) is 36.1 Å². The maximum absolute atomic E-state index is 16.4. The average Bonchev–Trinajstić information content (AvgIpc) is 3.28. The normalized spacial score (nSPS) is 19.0. The number of carbonyl (C=O) groups is 1. The molecule has 2 aliphatic rings. The van der Waals surface area contributed by atoms with Crippen molar-refractivity contribution < 1.29 is 23.8 Å². The van der Waals surface area contributed by atoms with Crippen molar-refractivity contribution >= 4 is 33.5 Å². The van der Waals surface area contributed by atoms with E-state index in [1.165, 1.54) is 7.11 Å². The second kappa shape index (κ2) is 9.64. The first kappa shape index (κ1) is 25.3. The van der Waals surface area contributed by atoms with Crippen LogP contribution >= 0.6 is 0 Å². The average molecular weight is 531 g/mol. The molecule has 2 bridgehead atoms. The maximum Gasteiger partial charge on any atom is 0.319 e. The van der Waals surface area contributed by atoms with Gasteiger partial charge in [-0.25, -0.2) is 4.39 Å². The van der Waals surface area contributed by atoms with E-state index in [9.17, 15) is 9.90 Å². The Morgan fingerprint density at radius 1 is 1.08 bits per heavy atom. The van der Waals surface area contributed by atoms with Gasteiger partial charge in [-0.15, -0.1) is 0 Å². The molecule has 0 spiro atoms. The highest BCUT2D eigenvalue weighted by atomic mass is 19.1. The number of carbonyl (C=O) groups excluding carboxylic acids is 1. The summed E-state index contributed by atoms with van der Waals surface area (Å²) in [6, 6.07) is 15.0.